The Hall–Kier alpha value is -1.91. The molecule has 0 aromatic heterocycles. The third-order valence-corrected chi connectivity index (χ3v) is 5.58. The molecule has 1 saturated heterocycles. The number of hydrogen-bond donors (Lipinski definition) is 1. The molecular formula is C19H24FNO3. The third-order valence-electron chi connectivity index (χ3n) is 5.58. The van der Waals surface area contributed by atoms with E-state index >= 15 is 0 Å². The predicted octanol–water partition coefficient (Wildman–Crippen LogP) is 3.22. The Kier molecular flexibility index (Phi) is 4.37. The van der Waals surface area contributed by atoms with Crippen LogP contribution in [0.25, 0.3) is 0 Å². The number of aryl methyl sites for hydroxylation is 1. The molecule has 1 saturated carbocycles. The molecule has 1 heterocycles. The Morgan fingerprint density at radius 2 is 1.88 bits per heavy atom. The largest absolute Gasteiger partial charge is 0.479 e. The number of aliphatic carboxylic acids is 1. The molecule has 0 radical (unpaired) electrons. The van der Waals surface area contributed by atoms with Crippen molar-refractivity contribution >= 4 is 11.9 Å². The summed E-state index contributed by atoms with van der Waals surface area (Å²) in [6.07, 6.45) is 4.40. The molecule has 0 spiro atoms. The van der Waals surface area contributed by atoms with Gasteiger partial charge in [-0.3, -0.25) is 4.79 Å². The van der Waals surface area contributed by atoms with E-state index in [1.54, 1.807) is 0 Å². The quantitative estimate of drug-likeness (QED) is 0.924. The first-order valence-electron chi connectivity index (χ1n) is 8.66. The molecule has 1 aliphatic heterocycles. The average Bonchev–Trinajstić information content (AvgIpc) is 2.98. The van der Waals surface area contributed by atoms with Gasteiger partial charge in [0, 0.05) is 13.0 Å². The molecule has 2 fully saturated rings. The van der Waals surface area contributed by atoms with Gasteiger partial charge in [0.25, 0.3) is 0 Å². The van der Waals surface area contributed by atoms with Gasteiger partial charge in [-0.15, -0.1) is 0 Å². The van der Waals surface area contributed by atoms with E-state index in [0.29, 0.717) is 0 Å². The average molecular weight is 333 g/mol. The standard InChI is InChI=1S/C19H24FNO3/c1-14-6-5-7-15(12-14)18(8-3-2-4-9-18)16(22)21-11-10-19(20,13-21)17(23)24/h5-7,12H,2-4,8-11,13H2,1H3,(H,23,24). The fraction of sp³-hybridized carbons (Fsp3) is 0.579. The Bertz CT molecular complexity index is 654. The normalized spacial score (nSPS) is 26.3. The minimum atomic E-state index is -2.31. The first-order valence-corrected chi connectivity index (χ1v) is 8.66. The Balaban J connectivity index is 1.92. The molecule has 1 aromatic rings. The van der Waals surface area contributed by atoms with Crippen molar-refractivity contribution in [2.24, 2.45) is 0 Å². The van der Waals surface area contributed by atoms with Gasteiger partial charge in [0.2, 0.25) is 11.6 Å². The van der Waals surface area contributed by atoms with Gasteiger partial charge in [-0.25, -0.2) is 9.18 Å². The summed E-state index contributed by atoms with van der Waals surface area (Å²) < 4.78 is 14.4. The van der Waals surface area contributed by atoms with Crippen molar-refractivity contribution in [2.45, 2.75) is 56.5 Å². The zero-order valence-electron chi connectivity index (χ0n) is 14.1. The number of nitrogens with zero attached hydrogens (tertiary/aromatic N) is 1. The molecule has 1 atom stereocenters. The van der Waals surface area contributed by atoms with Crippen LogP contribution in [-0.2, 0) is 15.0 Å². The second-order valence-corrected chi connectivity index (χ2v) is 7.26. The summed E-state index contributed by atoms with van der Waals surface area (Å²) in [6, 6.07) is 7.97. The highest BCUT2D eigenvalue weighted by Gasteiger charge is 2.51. The number of carboxylic acid groups (broad SMARTS) is 1. The summed E-state index contributed by atoms with van der Waals surface area (Å²) in [7, 11) is 0. The van der Waals surface area contributed by atoms with E-state index in [0.717, 1.165) is 43.2 Å². The number of alkyl halides is 1. The van der Waals surface area contributed by atoms with Gasteiger partial charge in [0.15, 0.2) is 0 Å². The number of likely N-dealkylation sites (tertiary alicyclic amines) is 1. The molecule has 1 aromatic carbocycles. The van der Waals surface area contributed by atoms with E-state index in [9.17, 15) is 14.0 Å². The van der Waals surface area contributed by atoms with Gasteiger partial charge in [0.1, 0.15) is 0 Å². The summed E-state index contributed by atoms with van der Waals surface area (Å²) in [5.41, 5.74) is -0.859. The molecule has 1 N–H and O–H groups in total. The lowest BCUT2D eigenvalue weighted by molar-refractivity contribution is -0.150. The molecule has 5 heteroatoms. The van der Waals surface area contributed by atoms with Crippen LogP contribution in [0.5, 0.6) is 0 Å². The summed E-state index contributed by atoms with van der Waals surface area (Å²) in [4.78, 5) is 25.9. The fourth-order valence-corrected chi connectivity index (χ4v) is 4.15. The van der Waals surface area contributed by atoms with Gasteiger partial charge < -0.3 is 10.0 Å². The van der Waals surface area contributed by atoms with Crippen LogP contribution in [0.3, 0.4) is 0 Å². The number of carbonyl (C=O) groups is 2. The predicted molar refractivity (Wildman–Crippen MR) is 88.6 cm³/mol. The number of amides is 1. The molecule has 24 heavy (non-hydrogen) atoms. The maximum absolute atomic E-state index is 14.4. The molecule has 1 unspecified atom stereocenters. The van der Waals surface area contributed by atoms with Crippen molar-refractivity contribution in [3.05, 3.63) is 35.4 Å². The summed E-state index contributed by atoms with van der Waals surface area (Å²) >= 11 is 0. The van der Waals surface area contributed by atoms with Gasteiger partial charge >= 0.3 is 5.97 Å². The number of halogens is 1. The van der Waals surface area contributed by atoms with E-state index in [-0.39, 0.29) is 25.4 Å². The summed E-state index contributed by atoms with van der Waals surface area (Å²) in [5.74, 6) is -1.57. The number of hydrogen-bond acceptors (Lipinski definition) is 2. The second-order valence-electron chi connectivity index (χ2n) is 7.26. The van der Waals surface area contributed by atoms with Crippen LogP contribution < -0.4 is 0 Å². The maximum Gasteiger partial charge on any atom is 0.343 e. The second kappa shape index (κ2) is 6.19. The lowest BCUT2D eigenvalue weighted by atomic mass is 9.68. The summed E-state index contributed by atoms with van der Waals surface area (Å²) in [6.45, 7) is 1.83. The van der Waals surface area contributed by atoms with Gasteiger partial charge in [-0.2, -0.15) is 0 Å². The van der Waals surface area contributed by atoms with E-state index in [1.807, 2.05) is 31.2 Å². The van der Waals surface area contributed by atoms with Gasteiger partial charge in [-0.05, 0) is 25.3 Å². The minimum absolute atomic E-state index is 0.103. The highest BCUT2D eigenvalue weighted by molar-refractivity contribution is 5.90. The van der Waals surface area contributed by atoms with Crippen LogP contribution >= 0.6 is 0 Å². The molecule has 3 rings (SSSR count). The number of benzene rings is 1. The van der Waals surface area contributed by atoms with Crippen LogP contribution in [0.15, 0.2) is 24.3 Å². The maximum atomic E-state index is 14.4. The SMILES string of the molecule is Cc1cccc(C2(C(=O)N3CCC(F)(C(=O)O)C3)CCCCC2)c1. The Labute approximate surface area is 141 Å². The van der Waals surface area contributed by atoms with E-state index < -0.39 is 17.1 Å². The Morgan fingerprint density at radius 1 is 1.17 bits per heavy atom. The number of rotatable bonds is 3. The van der Waals surface area contributed by atoms with Gasteiger partial charge in [-0.1, -0.05) is 49.1 Å². The highest BCUT2D eigenvalue weighted by atomic mass is 19.1. The first-order chi connectivity index (χ1) is 11.4. The Morgan fingerprint density at radius 3 is 2.46 bits per heavy atom. The van der Waals surface area contributed by atoms with Crippen LogP contribution in [0.4, 0.5) is 4.39 Å². The lowest BCUT2D eigenvalue weighted by Crippen LogP contribution is -2.49. The van der Waals surface area contributed by atoms with Gasteiger partial charge in [0.05, 0.1) is 12.0 Å². The monoisotopic (exact) mass is 333 g/mol. The van der Waals surface area contributed by atoms with E-state index in [4.69, 9.17) is 5.11 Å². The zero-order chi connectivity index (χ0) is 17.4. The van der Waals surface area contributed by atoms with Crippen molar-refractivity contribution in [3.63, 3.8) is 0 Å². The molecule has 130 valence electrons. The molecular weight excluding hydrogens is 309 g/mol. The third kappa shape index (κ3) is 2.80. The highest BCUT2D eigenvalue weighted by Crippen LogP contribution is 2.42. The van der Waals surface area contributed by atoms with Crippen LogP contribution in [-0.4, -0.2) is 40.6 Å². The zero-order valence-corrected chi connectivity index (χ0v) is 14.1. The molecule has 4 nitrogen and oxygen atoms in total. The molecule has 1 amide bonds. The molecule has 2 aliphatic rings. The minimum Gasteiger partial charge on any atom is -0.479 e. The molecule has 1 aliphatic carbocycles. The number of carbonyl (C=O) groups excluding carboxylic acids is 1. The van der Waals surface area contributed by atoms with Crippen LogP contribution in [0.2, 0.25) is 0 Å². The van der Waals surface area contributed by atoms with E-state index in [1.165, 1.54) is 4.90 Å². The molecule has 0 bridgehead atoms. The van der Waals surface area contributed by atoms with Crippen molar-refractivity contribution in [2.75, 3.05) is 13.1 Å². The van der Waals surface area contributed by atoms with Crippen molar-refractivity contribution in [3.8, 4) is 0 Å². The van der Waals surface area contributed by atoms with Crippen LogP contribution in [0.1, 0.15) is 49.7 Å². The van der Waals surface area contributed by atoms with E-state index in [2.05, 4.69) is 0 Å². The van der Waals surface area contributed by atoms with Crippen LogP contribution in [0, 0.1) is 6.92 Å². The van der Waals surface area contributed by atoms with Crippen molar-refractivity contribution in [1.82, 2.24) is 4.90 Å². The smallest absolute Gasteiger partial charge is 0.343 e. The first kappa shape index (κ1) is 16.9. The fourth-order valence-electron chi connectivity index (χ4n) is 4.15. The van der Waals surface area contributed by atoms with Crippen molar-refractivity contribution in [1.29, 1.82) is 0 Å². The number of carboxylic acids is 1. The van der Waals surface area contributed by atoms with Crippen molar-refractivity contribution < 1.29 is 19.1 Å². The summed E-state index contributed by atoms with van der Waals surface area (Å²) in [5, 5.41) is 9.09. The topological polar surface area (TPSA) is 57.6 Å². The lowest BCUT2D eigenvalue weighted by Gasteiger charge is -2.39.